The molecule has 0 bridgehead atoms. The molecule has 0 aromatic heterocycles. The number of carbonyl (C=O) groups excluding carboxylic acids is 1. The van der Waals surface area contributed by atoms with E-state index in [0.717, 1.165) is 0 Å². The summed E-state index contributed by atoms with van der Waals surface area (Å²) in [4.78, 5) is 12.2. The summed E-state index contributed by atoms with van der Waals surface area (Å²) in [7, 11) is 1.54. The number of hydrogen-bond acceptors (Lipinski definition) is 6. The molecule has 1 atom stereocenters. The molecule has 3 rings (SSSR count). The summed E-state index contributed by atoms with van der Waals surface area (Å²) in [5, 5.41) is 17.9. The molecule has 24 heavy (non-hydrogen) atoms. The highest BCUT2D eigenvalue weighted by Crippen LogP contribution is 2.33. The van der Waals surface area contributed by atoms with E-state index in [1.54, 1.807) is 31.4 Å². The third-order valence-electron chi connectivity index (χ3n) is 3.54. The zero-order valence-corrected chi connectivity index (χ0v) is 13.8. The standard InChI is InChI=1S/C17H17N3O3S/c1-23-14-10-6-5-9-13(14)17(22)11-24-16(19-20-17)15(21)18-12-7-3-2-4-8-12/h2-10,20,22H,11H2,1H3,(H,18,21). The predicted molar refractivity (Wildman–Crippen MR) is 95.0 cm³/mol. The van der Waals surface area contributed by atoms with Crippen molar-refractivity contribution in [3.8, 4) is 5.75 Å². The monoisotopic (exact) mass is 343 g/mol. The minimum absolute atomic E-state index is 0.231. The van der Waals surface area contributed by atoms with Gasteiger partial charge in [-0.05, 0) is 18.2 Å². The van der Waals surface area contributed by atoms with Crippen LogP contribution in [0.5, 0.6) is 5.75 Å². The van der Waals surface area contributed by atoms with Crippen LogP contribution in [0.1, 0.15) is 5.56 Å². The fourth-order valence-electron chi connectivity index (χ4n) is 2.33. The summed E-state index contributed by atoms with van der Waals surface area (Å²) in [5.74, 6) is 0.468. The van der Waals surface area contributed by atoms with Gasteiger partial charge < -0.3 is 15.2 Å². The number of hydrazone groups is 1. The van der Waals surface area contributed by atoms with Gasteiger partial charge in [0.1, 0.15) is 5.75 Å². The number of amides is 1. The first-order chi connectivity index (χ1) is 11.6. The Morgan fingerprint density at radius 3 is 2.62 bits per heavy atom. The molecule has 2 aromatic rings. The van der Waals surface area contributed by atoms with Crippen molar-refractivity contribution in [1.29, 1.82) is 0 Å². The summed E-state index contributed by atoms with van der Waals surface area (Å²) in [5.41, 5.74) is 2.56. The Hall–Kier alpha value is -2.51. The fourth-order valence-corrected chi connectivity index (χ4v) is 3.19. The molecule has 0 saturated heterocycles. The van der Waals surface area contributed by atoms with Crippen LogP contribution in [-0.2, 0) is 10.5 Å². The first-order valence-electron chi connectivity index (χ1n) is 7.32. The van der Waals surface area contributed by atoms with Gasteiger partial charge in [-0.2, -0.15) is 5.10 Å². The van der Waals surface area contributed by atoms with E-state index >= 15 is 0 Å². The van der Waals surface area contributed by atoms with E-state index in [-0.39, 0.29) is 16.7 Å². The topological polar surface area (TPSA) is 83.0 Å². The van der Waals surface area contributed by atoms with Gasteiger partial charge in [0.15, 0.2) is 10.8 Å². The number of nitrogens with zero attached hydrogens (tertiary/aromatic N) is 1. The number of para-hydroxylation sites is 2. The molecule has 1 unspecified atom stereocenters. The maximum Gasteiger partial charge on any atom is 0.282 e. The van der Waals surface area contributed by atoms with E-state index in [2.05, 4.69) is 15.8 Å². The molecule has 1 aliphatic rings. The van der Waals surface area contributed by atoms with E-state index in [0.29, 0.717) is 17.0 Å². The zero-order chi connectivity index (χ0) is 17.0. The number of benzene rings is 2. The number of hydrogen-bond donors (Lipinski definition) is 3. The van der Waals surface area contributed by atoms with E-state index in [1.165, 1.54) is 11.8 Å². The molecule has 0 fully saturated rings. The molecule has 7 heteroatoms. The molecule has 6 nitrogen and oxygen atoms in total. The van der Waals surface area contributed by atoms with Crippen LogP contribution < -0.4 is 15.5 Å². The summed E-state index contributed by atoms with van der Waals surface area (Å²) < 4.78 is 5.28. The first-order valence-corrected chi connectivity index (χ1v) is 8.31. The number of carbonyl (C=O) groups is 1. The number of ether oxygens (including phenoxy) is 1. The number of methoxy groups -OCH3 is 1. The molecule has 1 heterocycles. The Morgan fingerprint density at radius 1 is 1.25 bits per heavy atom. The molecule has 0 spiro atoms. The minimum Gasteiger partial charge on any atom is -0.496 e. The largest absolute Gasteiger partial charge is 0.496 e. The molecular weight excluding hydrogens is 326 g/mol. The second-order valence-corrected chi connectivity index (χ2v) is 6.16. The quantitative estimate of drug-likeness (QED) is 0.792. The summed E-state index contributed by atoms with van der Waals surface area (Å²) in [6.45, 7) is 0. The van der Waals surface area contributed by atoms with Crippen LogP contribution in [0.2, 0.25) is 0 Å². The van der Waals surface area contributed by atoms with Gasteiger partial charge in [-0.3, -0.25) is 10.2 Å². The average molecular weight is 343 g/mol. The predicted octanol–water partition coefficient (Wildman–Crippen LogP) is 2.13. The van der Waals surface area contributed by atoms with E-state index in [4.69, 9.17) is 4.74 Å². The van der Waals surface area contributed by atoms with Gasteiger partial charge in [-0.1, -0.05) is 48.2 Å². The molecule has 1 aliphatic heterocycles. The molecule has 3 N–H and O–H groups in total. The lowest BCUT2D eigenvalue weighted by Gasteiger charge is -2.32. The number of aliphatic hydroxyl groups is 1. The molecule has 1 amide bonds. The van der Waals surface area contributed by atoms with Gasteiger partial charge in [0.05, 0.1) is 12.9 Å². The van der Waals surface area contributed by atoms with E-state index in [9.17, 15) is 9.90 Å². The van der Waals surface area contributed by atoms with E-state index in [1.807, 2.05) is 30.3 Å². The van der Waals surface area contributed by atoms with Crippen LogP contribution in [0, 0.1) is 0 Å². The van der Waals surface area contributed by atoms with Gasteiger partial charge in [-0.15, -0.1) is 0 Å². The molecule has 2 aromatic carbocycles. The van der Waals surface area contributed by atoms with E-state index < -0.39 is 5.72 Å². The van der Waals surface area contributed by atoms with Crippen LogP contribution >= 0.6 is 11.8 Å². The smallest absolute Gasteiger partial charge is 0.282 e. The van der Waals surface area contributed by atoms with Crippen molar-refractivity contribution in [2.45, 2.75) is 5.72 Å². The highest BCUT2D eigenvalue weighted by Gasteiger charge is 2.36. The Balaban J connectivity index is 1.74. The van der Waals surface area contributed by atoms with Gasteiger partial charge in [0, 0.05) is 11.3 Å². The highest BCUT2D eigenvalue weighted by molar-refractivity contribution is 8.15. The van der Waals surface area contributed by atoms with Gasteiger partial charge in [0.25, 0.3) is 5.91 Å². The van der Waals surface area contributed by atoms with Crippen molar-refractivity contribution in [3.63, 3.8) is 0 Å². The SMILES string of the molecule is COc1ccccc1C1(O)CSC(C(=O)Nc2ccccc2)=NN1. The van der Waals surface area contributed by atoms with Crippen molar-refractivity contribution in [1.82, 2.24) is 5.43 Å². The highest BCUT2D eigenvalue weighted by atomic mass is 32.2. The third kappa shape index (κ3) is 3.37. The number of thioether (sulfide) groups is 1. The normalized spacial score (nSPS) is 19.8. The maximum atomic E-state index is 12.2. The van der Waals surface area contributed by atoms with Crippen LogP contribution in [-0.4, -0.2) is 28.9 Å². The Bertz CT molecular complexity index is 767. The number of anilines is 1. The van der Waals surface area contributed by atoms with Crippen molar-refractivity contribution in [3.05, 3.63) is 60.2 Å². The Labute approximate surface area is 143 Å². The lowest BCUT2D eigenvalue weighted by molar-refractivity contribution is -0.110. The van der Waals surface area contributed by atoms with Gasteiger partial charge in [0.2, 0.25) is 0 Å². The first kappa shape index (κ1) is 16.4. The third-order valence-corrected chi connectivity index (χ3v) is 4.65. The van der Waals surface area contributed by atoms with Crippen molar-refractivity contribution in [2.75, 3.05) is 18.2 Å². The number of nitrogens with one attached hydrogen (secondary N) is 2. The van der Waals surface area contributed by atoms with Gasteiger partial charge in [-0.25, -0.2) is 0 Å². The zero-order valence-electron chi connectivity index (χ0n) is 13.0. The van der Waals surface area contributed by atoms with Crippen molar-refractivity contribution >= 4 is 28.4 Å². The summed E-state index contributed by atoms with van der Waals surface area (Å²) in [6.07, 6.45) is 0. The number of rotatable bonds is 4. The van der Waals surface area contributed by atoms with Crippen LogP contribution in [0.3, 0.4) is 0 Å². The average Bonchev–Trinajstić information content (AvgIpc) is 2.63. The van der Waals surface area contributed by atoms with Crippen LogP contribution in [0.15, 0.2) is 59.7 Å². The lowest BCUT2D eigenvalue weighted by Crippen LogP contribution is -2.46. The molecule has 0 saturated carbocycles. The maximum absolute atomic E-state index is 12.2. The fraction of sp³-hybridized carbons (Fsp3) is 0.176. The van der Waals surface area contributed by atoms with Crippen LogP contribution in [0.25, 0.3) is 0 Å². The second kappa shape index (κ2) is 6.94. The van der Waals surface area contributed by atoms with Gasteiger partial charge >= 0.3 is 0 Å². The van der Waals surface area contributed by atoms with Crippen molar-refractivity contribution in [2.24, 2.45) is 5.10 Å². The summed E-state index contributed by atoms with van der Waals surface area (Å²) >= 11 is 1.18. The Kier molecular flexibility index (Phi) is 4.73. The van der Waals surface area contributed by atoms with Crippen LogP contribution in [0.4, 0.5) is 5.69 Å². The molecular formula is C17H17N3O3S. The molecule has 0 radical (unpaired) electrons. The lowest BCUT2D eigenvalue weighted by atomic mass is 10.0. The second-order valence-electron chi connectivity index (χ2n) is 5.20. The molecule has 124 valence electrons. The summed E-state index contributed by atoms with van der Waals surface area (Å²) in [6, 6.07) is 16.3. The Morgan fingerprint density at radius 2 is 1.96 bits per heavy atom. The minimum atomic E-state index is -1.40. The molecule has 0 aliphatic carbocycles. The van der Waals surface area contributed by atoms with Crippen molar-refractivity contribution < 1.29 is 14.6 Å².